The van der Waals surface area contributed by atoms with Gasteiger partial charge in [-0.05, 0) is 55.5 Å². The fraction of sp³-hybridized carbons (Fsp3) is 0.273. The van der Waals surface area contributed by atoms with Gasteiger partial charge in [-0.3, -0.25) is 9.69 Å². The van der Waals surface area contributed by atoms with Gasteiger partial charge in [-0.2, -0.15) is 5.10 Å². The number of carbonyl (C=O) groups is 1. The van der Waals surface area contributed by atoms with Gasteiger partial charge in [-0.15, -0.1) is 0 Å². The molecule has 156 valence electrons. The van der Waals surface area contributed by atoms with Crippen molar-refractivity contribution in [2.24, 2.45) is 0 Å². The van der Waals surface area contributed by atoms with Crippen LogP contribution in [0.1, 0.15) is 5.69 Å². The van der Waals surface area contributed by atoms with Crippen molar-refractivity contribution < 1.29 is 14.3 Å². The Morgan fingerprint density at radius 2 is 1.67 bits per heavy atom. The average Bonchev–Trinajstić information content (AvgIpc) is 3.09. The number of piperazine rings is 1. The summed E-state index contributed by atoms with van der Waals surface area (Å²) in [5, 5.41) is 16.8. The van der Waals surface area contributed by atoms with Gasteiger partial charge in [-0.25, -0.2) is 9.07 Å². The minimum absolute atomic E-state index is 0.114. The van der Waals surface area contributed by atoms with Gasteiger partial charge in [0.2, 0.25) is 5.91 Å². The first-order chi connectivity index (χ1) is 14.5. The van der Waals surface area contributed by atoms with Gasteiger partial charge in [0.05, 0.1) is 17.9 Å². The molecule has 0 atom stereocenters. The Hall–Kier alpha value is -3.39. The van der Waals surface area contributed by atoms with E-state index in [9.17, 15) is 14.3 Å². The summed E-state index contributed by atoms with van der Waals surface area (Å²) >= 11 is 0. The Bertz CT molecular complexity index is 1010. The molecule has 1 saturated heterocycles. The molecule has 8 heteroatoms. The number of phenols is 1. The number of phenolic OH excluding ortho intramolecular Hbond substituents is 1. The van der Waals surface area contributed by atoms with Crippen LogP contribution in [0.5, 0.6) is 5.75 Å². The molecule has 1 aliphatic heterocycles. The number of benzene rings is 2. The Morgan fingerprint density at radius 3 is 2.33 bits per heavy atom. The van der Waals surface area contributed by atoms with Crippen molar-refractivity contribution in [1.82, 2.24) is 14.7 Å². The molecule has 3 aromatic rings. The van der Waals surface area contributed by atoms with Crippen molar-refractivity contribution in [3.8, 4) is 11.4 Å². The molecule has 0 unspecified atom stereocenters. The quantitative estimate of drug-likeness (QED) is 0.678. The maximum Gasteiger partial charge on any atom is 0.239 e. The molecule has 0 saturated carbocycles. The normalized spacial score (nSPS) is 14.7. The summed E-state index contributed by atoms with van der Waals surface area (Å²) in [5.74, 6) is 0.381. The van der Waals surface area contributed by atoms with Gasteiger partial charge in [0.15, 0.2) is 0 Å². The smallest absolute Gasteiger partial charge is 0.239 e. The molecule has 1 aliphatic rings. The lowest BCUT2D eigenvalue weighted by atomic mass is 10.2. The molecule has 30 heavy (non-hydrogen) atoms. The molecule has 0 spiro atoms. The van der Waals surface area contributed by atoms with E-state index in [1.54, 1.807) is 35.0 Å². The van der Waals surface area contributed by atoms with E-state index >= 15 is 0 Å². The van der Waals surface area contributed by atoms with Crippen LogP contribution in [0.2, 0.25) is 0 Å². The minimum atomic E-state index is -0.320. The first-order valence-corrected chi connectivity index (χ1v) is 9.87. The van der Waals surface area contributed by atoms with Crippen LogP contribution in [0.4, 0.5) is 15.9 Å². The lowest BCUT2D eigenvalue weighted by molar-refractivity contribution is -0.117. The number of nitrogens with one attached hydrogen (secondary N) is 1. The molecule has 7 nitrogen and oxygen atoms in total. The van der Waals surface area contributed by atoms with E-state index < -0.39 is 0 Å². The zero-order chi connectivity index (χ0) is 21.1. The summed E-state index contributed by atoms with van der Waals surface area (Å²) in [6.07, 6.45) is 0. The van der Waals surface area contributed by atoms with Crippen molar-refractivity contribution in [1.29, 1.82) is 0 Å². The van der Waals surface area contributed by atoms with Crippen molar-refractivity contribution in [2.45, 2.75) is 6.92 Å². The van der Waals surface area contributed by atoms with Gasteiger partial charge >= 0.3 is 0 Å². The molecule has 2 heterocycles. The summed E-state index contributed by atoms with van der Waals surface area (Å²) in [4.78, 5) is 17.0. The highest BCUT2D eigenvalue weighted by Crippen LogP contribution is 2.20. The molecule has 1 fully saturated rings. The highest BCUT2D eigenvalue weighted by molar-refractivity contribution is 5.91. The third-order valence-corrected chi connectivity index (χ3v) is 5.12. The van der Waals surface area contributed by atoms with Crippen LogP contribution >= 0.6 is 0 Å². The molecule has 4 rings (SSSR count). The number of anilines is 2. The standard InChI is InChI=1S/C22H24FN5O2/c1-16-14-21(28(25-16)19-4-2-17(23)3-5-19)24-22(30)15-26-10-12-27(13-11-26)18-6-8-20(29)9-7-18/h2-9,14,29H,10-13,15H2,1H3,(H,24,30). The second-order valence-electron chi connectivity index (χ2n) is 7.39. The highest BCUT2D eigenvalue weighted by Gasteiger charge is 2.20. The zero-order valence-corrected chi connectivity index (χ0v) is 16.8. The van der Waals surface area contributed by atoms with E-state index in [2.05, 4.69) is 20.2 Å². The Labute approximate surface area is 174 Å². The van der Waals surface area contributed by atoms with E-state index in [0.29, 0.717) is 11.5 Å². The van der Waals surface area contributed by atoms with Crippen LogP contribution in [0.3, 0.4) is 0 Å². The van der Waals surface area contributed by atoms with Crippen molar-refractivity contribution in [3.63, 3.8) is 0 Å². The summed E-state index contributed by atoms with van der Waals surface area (Å²) in [6, 6.07) is 14.9. The van der Waals surface area contributed by atoms with Crippen LogP contribution in [-0.4, -0.2) is 58.4 Å². The second kappa shape index (κ2) is 8.54. The van der Waals surface area contributed by atoms with Crippen molar-refractivity contribution in [2.75, 3.05) is 42.9 Å². The number of aryl methyl sites for hydroxylation is 1. The van der Waals surface area contributed by atoms with Crippen LogP contribution < -0.4 is 10.2 Å². The molecule has 0 aliphatic carbocycles. The predicted octanol–water partition coefficient (Wildman–Crippen LogP) is 2.79. The number of halogens is 1. The third-order valence-electron chi connectivity index (χ3n) is 5.12. The van der Waals surface area contributed by atoms with Gasteiger partial charge in [0.25, 0.3) is 0 Å². The van der Waals surface area contributed by atoms with Crippen molar-refractivity contribution >= 4 is 17.4 Å². The van der Waals surface area contributed by atoms with Gasteiger partial charge < -0.3 is 15.3 Å². The first kappa shape index (κ1) is 19.9. The number of carbonyl (C=O) groups excluding carboxylic acids is 1. The minimum Gasteiger partial charge on any atom is -0.508 e. The molecule has 2 N–H and O–H groups in total. The van der Waals surface area contributed by atoms with Crippen LogP contribution in [0.15, 0.2) is 54.6 Å². The fourth-order valence-electron chi connectivity index (χ4n) is 3.58. The molecule has 0 bridgehead atoms. The fourth-order valence-corrected chi connectivity index (χ4v) is 3.58. The zero-order valence-electron chi connectivity index (χ0n) is 16.8. The maximum atomic E-state index is 13.2. The van der Waals surface area contributed by atoms with E-state index in [1.165, 1.54) is 12.1 Å². The SMILES string of the molecule is Cc1cc(NC(=O)CN2CCN(c3ccc(O)cc3)CC2)n(-c2ccc(F)cc2)n1. The molecule has 1 aromatic heterocycles. The lowest BCUT2D eigenvalue weighted by Gasteiger charge is -2.35. The lowest BCUT2D eigenvalue weighted by Crippen LogP contribution is -2.48. The summed E-state index contributed by atoms with van der Waals surface area (Å²) in [7, 11) is 0. The van der Waals surface area contributed by atoms with Crippen LogP contribution in [-0.2, 0) is 4.79 Å². The highest BCUT2D eigenvalue weighted by atomic mass is 19.1. The number of hydrogen-bond acceptors (Lipinski definition) is 5. The first-order valence-electron chi connectivity index (χ1n) is 9.87. The monoisotopic (exact) mass is 409 g/mol. The average molecular weight is 409 g/mol. The largest absolute Gasteiger partial charge is 0.508 e. The molecular formula is C22H24FN5O2. The van der Waals surface area contributed by atoms with Gasteiger partial charge in [0, 0.05) is 37.9 Å². The predicted molar refractivity (Wildman–Crippen MR) is 114 cm³/mol. The van der Waals surface area contributed by atoms with E-state index in [-0.39, 0.29) is 24.0 Å². The Morgan fingerprint density at radius 1 is 1.03 bits per heavy atom. The number of nitrogens with zero attached hydrogens (tertiary/aromatic N) is 4. The molecule has 1 amide bonds. The van der Waals surface area contributed by atoms with E-state index in [4.69, 9.17) is 0 Å². The molecular weight excluding hydrogens is 385 g/mol. The molecule has 0 radical (unpaired) electrons. The number of rotatable bonds is 5. The van der Waals surface area contributed by atoms with E-state index in [1.807, 2.05) is 19.1 Å². The number of aromatic nitrogens is 2. The van der Waals surface area contributed by atoms with E-state index in [0.717, 1.165) is 37.6 Å². The van der Waals surface area contributed by atoms with Gasteiger partial charge in [0.1, 0.15) is 17.4 Å². The number of aromatic hydroxyl groups is 1. The maximum absolute atomic E-state index is 13.2. The van der Waals surface area contributed by atoms with Crippen molar-refractivity contribution in [3.05, 3.63) is 66.1 Å². The summed E-state index contributed by atoms with van der Waals surface area (Å²) in [5.41, 5.74) is 2.51. The summed E-state index contributed by atoms with van der Waals surface area (Å²) in [6.45, 7) is 5.29. The summed E-state index contributed by atoms with van der Waals surface area (Å²) < 4.78 is 14.8. The Balaban J connectivity index is 1.35. The number of amides is 1. The molecule has 2 aromatic carbocycles. The topological polar surface area (TPSA) is 73.6 Å². The number of hydrogen-bond donors (Lipinski definition) is 2. The Kier molecular flexibility index (Phi) is 5.67. The second-order valence-corrected chi connectivity index (χ2v) is 7.39. The third kappa shape index (κ3) is 4.60. The van der Waals surface area contributed by atoms with Crippen LogP contribution in [0.25, 0.3) is 5.69 Å². The van der Waals surface area contributed by atoms with Gasteiger partial charge in [-0.1, -0.05) is 0 Å². The van der Waals surface area contributed by atoms with Crippen LogP contribution in [0, 0.1) is 12.7 Å².